The predicted octanol–water partition coefficient (Wildman–Crippen LogP) is 3.18. The van der Waals surface area contributed by atoms with Crippen LogP contribution in [0.4, 0.5) is 10.2 Å². The minimum Gasteiger partial charge on any atom is -0.497 e. The molecule has 3 rings (SSSR count). The second-order valence-corrected chi connectivity index (χ2v) is 5.66. The SMILES string of the molecule is COc1ccc(Cn2nc(NCc3ccc(F)cc3)cc2CO)cc1. The number of aromatic nitrogens is 2. The van der Waals surface area contributed by atoms with Gasteiger partial charge >= 0.3 is 0 Å². The van der Waals surface area contributed by atoms with Gasteiger partial charge in [0.05, 0.1) is 26.0 Å². The molecule has 1 aromatic heterocycles. The molecule has 130 valence electrons. The number of benzene rings is 2. The summed E-state index contributed by atoms with van der Waals surface area (Å²) in [6.45, 7) is 0.990. The fourth-order valence-electron chi connectivity index (χ4n) is 2.50. The lowest BCUT2D eigenvalue weighted by Gasteiger charge is -2.07. The summed E-state index contributed by atoms with van der Waals surface area (Å²) in [5, 5.41) is 17.2. The van der Waals surface area contributed by atoms with E-state index in [1.807, 2.05) is 30.3 Å². The molecular formula is C19H20FN3O2. The molecule has 0 aliphatic rings. The number of aliphatic hydroxyl groups excluding tert-OH is 1. The van der Waals surface area contributed by atoms with Gasteiger partial charge in [-0.15, -0.1) is 0 Å². The molecule has 0 saturated heterocycles. The van der Waals surface area contributed by atoms with E-state index in [0.29, 0.717) is 18.9 Å². The van der Waals surface area contributed by atoms with Crippen molar-refractivity contribution in [2.45, 2.75) is 19.7 Å². The summed E-state index contributed by atoms with van der Waals surface area (Å²) >= 11 is 0. The Balaban J connectivity index is 1.68. The van der Waals surface area contributed by atoms with Gasteiger partial charge in [-0.3, -0.25) is 4.68 Å². The van der Waals surface area contributed by atoms with Gasteiger partial charge in [0.25, 0.3) is 0 Å². The number of ether oxygens (including phenoxy) is 1. The summed E-state index contributed by atoms with van der Waals surface area (Å²) in [6, 6.07) is 15.8. The van der Waals surface area contributed by atoms with Crippen LogP contribution < -0.4 is 10.1 Å². The van der Waals surface area contributed by atoms with Crippen molar-refractivity contribution in [3.8, 4) is 5.75 Å². The Morgan fingerprint density at radius 2 is 1.76 bits per heavy atom. The molecule has 2 aromatic carbocycles. The molecule has 0 bridgehead atoms. The van der Waals surface area contributed by atoms with Gasteiger partial charge in [-0.25, -0.2) is 4.39 Å². The summed E-state index contributed by atoms with van der Waals surface area (Å²) in [6.07, 6.45) is 0. The molecule has 5 nitrogen and oxygen atoms in total. The van der Waals surface area contributed by atoms with E-state index in [0.717, 1.165) is 22.6 Å². The highest BCUT2D eigenvalue weighted by atomic mass is 19.1. The molecule has 0 amide bonds. The number of nitrogens with one attached hydrogen (secondary N) is 1. The average molecular weight is 341 g/mol. The van der Waals surface area contributed by atoms with Crippen molar-refractivity contribution in [1.29, 1.82) is 0 Å². The Morgan fingerprint density at radius 1 is 1.08 bits per heavy atom. The van der Waals surface area contributed by atoms with E-state index in [4.69, 9.17) is 4.74 Å². The number of anilines is 1. The topological polar surface area (TPSA) is 59.3 Å². The molecule has 0 spiro atoms. The predicted molar refractivity (Wildman–Crippen MR) is 94.0 cm³/mol. The molecule has 0 atom stereocenters. The summed E-state index contributed by atoms with van der Waals surface area (Å²) in [4.78, 5) is 0. The quantitative estimate of drug-likeness (QED) is 0.693. The maximum absolute atomic E-state index is 12.9. The van der Waals surface area contributed by atoms with Crippen molar-refractivity contribution in [2.24, 2.45) is 0 Å². The van der Waals surface area contributed by atoms with Gasteiger partial charge in [-0.2, -0.15) is 5.10 Å². The Labute approximate surface area is 145 Å². The maximum atomic E-state index is 12.9. The molecule has 1 heterocycles. The molecule has 3 aromatic rings. The third-order valence-electron chi connectivity index (χ3n) is 3.90. The van der Waals surface area contributed by atoms with Crippen molar-refractivity contribution >= 4 is 5.82 Å². The van der Waals surface area contributed by atoms with E-state index in [9.17, 15) is 9.50 Å². The van der Waals surface area contributed by atoms with Crippen LogP contribution in [0.2, 0.25) is 0 Å². The second kappa shape index (κ2) is 7.81. The van der Waals surface area contributed by atoms with E-state index >= 15 is 0 Å². The normalized spacial score (nSPS) is 10.7. The van der Waals surface area contributed by atoms with E-state index in [1.165, 1.54) is 12.1 Å². The van der Waals surface area contributed by atoms with Crippen LogP contribution in [-0.2, 0) is 19.7 Å². The summed E-state index contributed by atoms with van der Waals surface area (Å²) in [5.74, 6) is 1.21. The third-order valence-corrected chi connectivity index (χ3v) is 3.90. The number of hydrogen-bond donors (Lipinski definition) is 2. The summed E-state index contributed by atoms with van der Waals surface area (Å²) in [5.41, 5.74) is 2.73. The third kappa shape index (κ3) is 4.36. The van der Waals surface area contributed by atoms with Crippen LogP contribution in [0.5, 0.6) is 5.75 Å². The average Bonchev–Trinajstić information content (AvgIpc) is 3.04. The van der Waals surface area contributed by atoms with Crippen LogP contribution in [0.1, 0.15) is 16.8 Å². The van der Waals surface area contributed by atoms with Gasteiger partial charge in [0.1, 0.15) is 17.4 Å². The lowest BCUT2D eigenvalue weighted by Crippen LogP contribution is -2.07. The first kappa shape index (κ1) is 17.0. The Kier molecular flexibility index (Phi) is 5.30. The zero-order chi connectivity index (χ0) is 17.6. The van der Waals surface area contributed by atoms with Gasteiger partial charge < -0.3 is 15.2 Å². The molecule has 25 heavy (non-hydrogen) atoms. The number of aliphatic hydroxyl groups is 1. The highest BCUT2D eigenvalue weighted by Crippen LogP contribution is 2.16. The molecular weight excluding hydrogens is 321 g/mol. The van der Waals surface area contributed by atoms with Crippen molar-refractivity contribution in [3.05, 3.63) is 77.2 Å². The monoisotopic (exact) mass is 341 g/mol. The van der Waals surface area contributed by atoms with Gasteiger partial charge in [-0.1, -0.05) is 24.3 Å². The first-order valence-corrected chi connectivity index (χ1v) is 7.97. The number of hydrogen-bond acceptors (Lipinski definition) is 4. The number of halogens is 1. The molecule has 0 aliphatic carbocycles. The smallest absolute Gasteiger partial charge is 0.148 e. The van der Waals surface area contributed by atoms with Gasteiger partial charge in [-0.05, 0) is 35.4 Å². The van der Waals surface area contributed by atoms with Crippen molar-refractivity contribution in [1.82, 2.24) is 9.78 Å². The molecule has 0 aliphatic heterocycles. The van der Waals surface area contributed by atoms with E-state index < -0.39 is 0 Å². The fourth-order valence-corrected chi connectivity index (χ4v) is 2.50. The van der Waals surface area contributed by atoms with Crippen LogP contribution in [0.15, 0.2) is 54.6 Å². The number of nitrogens with zero attached hydrogens (tertiary/aromatic N) is 2. The zero-order valence-electron chi connectivity index (χ0n) is 13.9. The van der Waals surface area contributed by atoms with Crippen LogP contribution in [0.3, 0.4) is 0 Å². The Bertz CT molecular complexity index is 814. The molecule has 6 heteroatoms. The van der Waals surface area contributed by atoms with Crippen molar-refractivity contribution in [2.75, 3.05) is 12.4 Å². The standard InChI is InChI=1S/C19H20FN3O2/c1-25-18-8-4-15(5-9-18)12-23-17(13-24)10-19(22-23)21-11-14-2-6-16(20)7-3-14/h2-10,24H,11-13H2,1H3,(H,21,22). The zero-order valence-corrected chi connectivity index (χ0v) is 13.9. The van der Waals surface area contributed by atoms with Gasteiger partial charge in [0.2, 0.25) is 0 Å². The molecule has 0 saturated carbocycles. The maximum Gasteiger partial charge on any atom is 0.148 e. The van der Waals surface area contributed by atoms with Crippen molar-refractivity contribution < 1.29 is 14.2 Å². The Hall–Kier alpha value is -2.86. The first-order valence-electron chi connectivity index (χ1n) is 7.97. The van der Waals surface area contributed by atoms with Crippen LogP contribution in [-0.4, -0.2) is 22.0 Å². The number of rotatable bonds is 7. The lowest BCUT2D eigenvalue weighted by atomic mass is 10.2. The highest BCUT2D eigenvalue weighted by Gasteiger charge is 2.08. The summed E-state index contributed by atoms with van der Waals surface area (Å²) in [7, 11) is 1.63. The second-order valence-electron chi connectivity index (χ2n) is 5.66. The molecule has 2 N–H and O–H groups in total. The number of methoxy groups -OCH3 is 1. The lowest BCUT2D eigenvalue weighted by molar-refractivity contribution is 0.269. The minimum absolute atomic E-state index is 0.0959. The fraction of sp³-hybridized carbons (Fsp3) is 0.211. The largest absolute Gasteiger partial charge is 0.497 e. The van der Waals surface area contributed by atoms with Crippen LogP contribution in [0.25, 0.3) is 0 Å². The molecule has 0 fully saturated rings. The molecule has 0 radical (unpaired) electrons. The summed E-state index contributed by atoms with van der Waals surface area (Å²) < 4.78 is 19.8. The van der Waals surface area contributed by atoms with Gasteiger partial charge in [0, 0.05) is 12.6 Å². The molecule has 0 unspecified atom stereocenters. The van der Waals surface area contributed by atoms with Crippen LogP contribution >= 0.6 is 0 Å². The van der Waals surface area contributed by atoms with E-state index in [-0.39, 0.29) is 12.4 Å². The minimum atomic E-state index is -0.255. The van der Waals surface area contributed by atoms with Gasteiger partial charge in [0.15, 0.2) is 0 Å². The Morgan fingerprint density at radius 3 is 2.40 bits per heavy atom. The van der Waals surface area contributed by atoms with E-state index in [2.05, 4.69) is 10.4 Å². The van der Waals surface area contributed by atoms with Crippen LogP contribution in [0, 0.1) is 5.82 Å². The highest BCUT2D eigenvalue weighted by molar-refractivity contribution is 5.37. The van der Waals surface area contributed by atoms with E-state index in [1.54, 1.807) is 23.9 Å². The van der Waals surface area contributed by atoms with Crippen molar-refractivity contribution in [3.63, 3.8) is 0 Å². The first-order chi connectivity index (χ1) is 12.2.